The van der Waals surface area contributed by atoms with E-state index in [4.69, 9.17) is 5.73 Å². The molecule has 0 bridgehead atoms. The van der Waals surface area contributed by atoms with Crippen LogP contribution in [0.25, 0.3) is 33.3 Å². The lowest BCUT2D eigenvalue weighted by atomic mass is 10.1. The summed E-state index contributed by atoms with van der Waals surface area (Å²) < 4.78 is 16.9. The van der Waals surface area contributed by atoms with Crippen molar-refractivity contribution in [1.82, 2.24) is 29.3 Å². The molecule has 154 valence electrons. The van der Waals surface area contributed by atoms with Crippen LogP contribution >= 0.6 is 0 Å². The van der Waals surface area contributed by atoms with Gasteiger partial charge in [0.15, 0.2) is 5.65 Å². The Bertz CT molecular complexity index is 1520. The first-order valence-corrected chi connectivity index (χ1v) is 9.34. The average Bonchev–Trinajstić information content (AvgIpc) is 3.11. The summed E-state index contributed by atoms with van der Waals surface area (Å²) in [6, 6.07) is 10.9. The highest BCUT2D eigenvalue weighted by atomic mass is 19.1. The van der Waals surface area contributed by atoms with Gasteiger partial charge in [-0.3, -0.25) is 4.79 Å². The van der Waals surface area contributed by atoms with Crippen molar-refractivity contribution in [3.8, 4) is 17.0 Å². The van der Waals surface area contributed by atoms with E-state index in [0.717, 1.165) is 6.07 Å². The third kappa shape index (κ3) is 3.05. The molecule has 0 spiro atoms. The Morgan fingerprint density at radius 1 is 1.16 bits per heavy atom. The minimum Gasteiger partial charge on any atom is -0.508 e. The standard InChI is InChI=1S/C21H16FN7O2/c1-28-16-5-3-2-4-14(16)26-15(21(28)31)9-29-20-17(19(23)24-10-25-20)18(27-29)11-6-12(22)8-13(30)7-11/h2-8,10,30H,9H2,1H3,(H2,23,24,25). The number of aromatic nitrogens is 6. The number of fused-ring (bicyclic) bond motifs is 2. The Balaban J connectivity index is 1.72. The number of aryl methyl sites for hydroxylation is 1. The molecule has 0 saturated heterocycles. The third-order valence-corrected chi connectivity index (χ3v) is 5.06. The molecule has 0 atom stereocenters. The van der Waals surface area contributed by atoms with Gasteiger partial charge in [0.2, 0.25) is 0 Å². The maximum absolute atomic E-state index is 13.9. The molecule has 3 aromatic heterocycles. The molecule has 5 aromatic rings. The molecule has 0 aliphatic carbocycles. The molecular weight excluding hydrogens is 401 g/mol. The predicted molar refractivity (Wildman–Crippen MR) is 113 cm³/mol. The lowest BCUT2D eigenvalue weighted by Crippen LogP contribution is -2.25. The summed E-state index contributed by atoms with van der Waals surface area (Å²) in [5, 5.41) is 14.7. The lowest BCUT2D eigenvalue weighted by molar-refractivity contribution is 0.469. The number of aromatic hydroxyl groups is 1. The van der Waals surface area contributed by atoms with Crippen LogP contribution in [0.1, 0.15) is 5.69 Å². The maximum atomic E-state index is 13.9. The van der Waals surface area contributed by atoms with Crippen molar-refractivity contribution in [2.75, 3.05) is 5.73 Å². The summed E-state index contributed by atoms with van der Waals surface area (Å²) in [5.74, 6) is -0.731. The second-order valence-corrected chi connectivity index (χ2v) is 7.07. The number of nitrogens with zero attached hydrogens (tertiary/aromatic N) is 6. The topological polar surface area (TPSA) is 125 Å². The summed E-state index contributed by atoms with van der Waals surface area (Å²) >= 11 is 0. The zero-order valence-corrected chi connectivity index (χ0v) is 16.3. The summed E-state index contributed by atoms with van der Waals surface area (Å²) in [7, 11) is 1.68. The molecule has 0 aliphatic rings. The van der Waals surface area contributed by atoms with E-state index in [1.54, 1.807) is 7.05 Å². The van der Waals surface area contributed by atoms with Gasteiger partial charge in [-0.2, -0.15) is 5.10 Å². The van der Waals surface area contributed by atoms with E-state index >= 15 is 0 Å². The molecule has 31 heavy (non-hydrogen) atoms. The molecule has 0 amide bonds. The minimum atomic E-state index is -0.627. The molecule has 0 radical (unpaired) electrons. The second-order valence-electron chi connectivity index (χ2n) is 7.07. The monoisotopic (exact) mass is 417 g/mol. The number of phenolic OH excluding ortho intramolecular Hbond substituents is 1. The highest BCUT2D eigenvalue weighted by Gasteiger charge is 2.20. The number of para-hydroxylation sites is 2. The number of rotatable bonds is 3. The van der Waals surface area contributed by atoms with Crippen molar-refractivity contribution in [1.29, 1.82) is 0 Å². The summed E-state index contributed by atoms with van der Waals surface area (Å²) in [6.45, 7) is 0.0196. The summed E-state index contributed by atoms with van der Waals surface area (Å²) in [5.41, 5.74) is 8.40. The number of nitrogen functional groups attached to an aromatic ring is 1. The van der Waals surface area contributed by atoms with Crippen LogP contribution in [0.15, 0.2) is 53.6 Å². The van der Waals surface area contributed by atoms with Gasteiger partial charge in [-0.25, -0.2) is 24.0 Å². The zero-order chi connectivity index (χ0) is 21.7. The van der Waals surface area contributed by atoms with Gasteiger partial charge in [0.25, 0.3) is 5.56 Å². The Kier molecular flexibility index (Phi) is 4.14. The van der Waals surface area contributed by atoms with Crippen molar-refractivity contribution in [3.63, 3.8) is 0 Å². The van der Waals surface area contributed by atoms with Gasteiger partial charge in [0, 0.05) is 18.7 Å². The van der Waals surface area contributed by atoms with Gasteiger partial charge in [-0.05, 0) is 24.3 Å². The molecule has 0 saturated carbocycles. The van der Waals surface area contributed by atoms with Crippen molar-refractivity contribution in [3.05, 3.63) is 70.7 Å². The van der Waals surface area contributed by atoms with Crippen molar-refractivity contribution in [2.24, 2.45) is 7.05 Å². The van der Waals surface area contributed by atoms with E-state index in [1.807, 2.05) is 24.3 Å². The number of nitrogens with two attached hydrogens (primary N) is 1. The van der Waals surface area contributed by atoms with Crippen LogP contribution in [0.4, 0.5) is 10.2 Å². The average molecular weight is 417 g/mol. The molecule has 10 heteroatoms. The third-order valence-electron chi connectivity index (χ3n) is 5.06. The number of anilines is 1. The summed E-state index contributed by atoms with van der Waals surface area (Å²) in [4.78, 5) is 25.6. The van der Waals surface area contributed by atoms with Crippen LogP contribution < -0.4 is 11.3 Å². The quantitative estimate of drug-likeness (QED) is 0.461. The van der Waals surface area contributed by atoms with E-state index in [0.29, 0.717) is 33.3 Å². The smallest absolute Gasteiger partial charge is 0.274 e. The van der Waals surface area contributed by atoms with E-state index in [-0.39, 0.29) is 29.4 Å². The molecular formula is C21H16FN7O2. The molecule has 3 heterocycles. The predicted octanol–water partition coefficient (Wildman–Crippen LogP) is 2.22. The lowest BCUT2D eigenvalue weighted by Gasteiger charge is -2.08. The van der Waals surface area contributed by atoms with Crippen molar-refractivity contribution in [2.45, 2.75) is 6.54 Å². The maximum Gasteiger partial charge on any atom is 0.274 e. The van der Waals surface area contributed by atoms with Crippen molar-refractivity contribution < 1.29 is 9.50 Å². The van der Waals surface area contributed by atoms with Crippen LogP contribution in [0.5, 0.6) is 5.75 Å². The Morgan fingerprint density at radius 2 is 1.97 bits per heavy atom. The highest BCUT2D eigenvalue weighted by molar-refractivity contribution is 5.98. The fourth-order valence-corrected chi connectivity index (χ4v) is 3.64. The number of halogens is 1. The van der Waals surface area contributed by atoms with Crippen LogP contribution in [-0.4, -0.2) is 34.4 Å². The molecule has 9 nitrogen and oxygen atoms in total. The normalized spacial score (nSPS) is 11.4. The minimum absolute atomic E-state index is 0.0196. The highest BCUT2D eigenvalue weighted by Crippen LogP contribution is 2.32. The first-order valence-electron chi connectivity index (χ1n) is 9.34. The van der Waals surface area contributed by atoms with Gasteiger partial charge in [-0.1, -0.05) is 12.1 Å². The molecule has 0 aliphatic heterocycles. The van der Waals surface area contributed by atoms with E-state index in [9.17, 15) is 14.3 Å². The number of hydrogen-bond donors (Lipinski definition) is 2. The fraction of sp³-hybridized carbons (Fsp3) is 0.0952. The molecule has 0 unspecified atom stereocenters. The fourth-order valence-electron chi connectivity index (χ4n) is 3.64. The van der Waals surface area contributed by atoms with Gasteiger partial charge >= 0.3 is 0 Å². The molecule has 5 rings (SSSR count). The van der Waals surface area contributed by atoms with Gasteiger partial charge < -0.3 is 15.4 Å². The number of phenols is 1. The molecule has 3 N–H and O–H groups in total. The first-order chi connectivity index (χ1) is 14.9. The van der Waals surface area contributed by atoms with Crippen LogP contribution in [-0.2, 0) is 13.6 Å². The number of benzene rings is 2. The van der Waals surface area contributed by atoms with Crippen molar-refractivity contribution >= 4 is 27.9 Å². The molecule has 0 fully saturated rings. The summed E-state index contributed by atoms with van der Waals surface area (Å²) in [6.07, 6.45) is 1.29. The van der Waals surface area contributed by atoms with E-state index in [2.05, 4.69) is 20.1 Å². The Morgan fingerprint density at radius 3 is 2.77 bits per heavy atom. The van der Waals surface area contributed by atoms with Crippen LogP contribution in [0.2, 0.25) is 0 Å². The van der Waals surface area contributed by atoms with Crippen LogP contribution in [0, 0.1) is 5.82 Å². The SMILES string of the molecule is Cn1c(=O)c(Cn2nc(-c3cc(O)cc(F)c3)c3c(N)ncnc32)nc2ccccc21. The zero-order valence-electron chi connectivity index (χ0n) is 16.3. The Hall–Kier alpha value is -4.34. The van der Waals surface area contributed by atoms with Gasteiger partial charge in [0.05, 0.1) is 23.0 Å². The second kappa shape index (κ2) is 6.87. The van der Waals surface area contributed by atoms with Gasteiger partial charge in [0.1, 0.15) is 35.1 Å². The Labute approximate surface area is 174 Å². The molecule has 2 aromatic carbocycles. The van der Waals surface area contributed by atoms with E-state index in [1.165, 1.54) is 27.7 Å². The van der Waals surface area contributed by atoms with Crippen LogP contribution in [0.3, 0.4) is 0 Å². The van der Waals surface area contributed by atoms with E-state index < -0.39 is 5.82 Å². The van der Waals surface area contributed by atoms with Gasteiger partial charge in [-0.15, -0.1) is 0 Å². The largest absolute Gasteiger partial charge is 0.508 e. The number of hydrogen-bond acceptors (Lipinski definition) is 7. The first kappa shape index (κ1) is 18.7.